The molecule has 176 valence electrons. The highest BCUT2D eigenvalue weighted by Gasteiger charge is 2.43. The van der Waals surface area contributed by atoms with Crippen LogP contribution in [0.2, 0.25) is 0 Å². The first-order chi connectivity index (χ1) is 15.4. The lowest BCUT2D eigenvalue weighted by Gasteiger charge is -2.30. The van der Waals surface area contributed by atoms with Crippen LogP contribution in [0.1, 0.15) is 38.4 Å². The number of aromatic nitrogens is 2. The van der Waals surface area contributed by atoms with Crippen LogP contribution in [0.5, 0.6) is 5.75 Å². The van der Waals surface area contributed by atoms with E-state index in [4.69, 9.17) is 14.0 Å². The van der Waals surface area contributed by atoms with Gasteiger partial charge in [-0.25, -0.2) is 12.8 Å². The van der Waals surface area contributed by atoms with E-state index in [2.05, 4.69) is 15.0 Å². The highest BCUT2D eigenvalue weighted by molar-refractivity contribution is 7.91. The first-order valence-corrected chi connectivity index (χ1v) is 12.8. The Balaban J connectivity index is 1.19. The molecule has 4 rings (SSSR count). The lowest BCUT2D eigenvalue weighted by molar-refractivity contribution is 0.174. The maximum absolute atomic E-state index is 14.1. The number of benzene rings is 1. The molecule has 1 aliphatic heterocycles. The molecule has 2 fully saturated rings. The summed E-state index contributed by atoms with van der Waals surface area (Å²) in [5, 5.41) is 3.92. The average Bonchev–Trinajstić information content (AvgIpc) is 3.41. The third-order valence-electron chi connectivity index (χ3n) is 6.50. The van der Waals surface area contributed by atoms with Gasteiger partial charge in [0.1, 0.15) is 23.1 Å². The Labute approximate surface area is 188 Å². The third-order valence-corrected chi connectivity index (χ3v) is 8.26. The molecule has 2 unspecified atom stereocenters. The van der Waals surface area contributed by atoms with Gasteiger partial charge in [0.25, 0.3) is 0 Å². The Hall–Kier alpha value is -2.20. The number of anilines is 1. The summed E-state index contributed by atoms with van der Waals surface area (Å²) >= 11 is 0. The van der Waals surface area contributed by atoms with Crippen molar-refractivity contribution in [1.82, 2.24) is 10.1 Å². The molecule has 1 aliphatic carbocycles. The number of methoxy groups -OCH3 is 1. The molecule has 1 saturated heterocycles. The summed E-state index contributed by atoms with van der Waals surface area (Å²) in [6.45, 7) is 4.17. The molecule has 1 saturated carbocycles. The van der Waals surface area contributed by atoms with E-state index >= 15 is 0 Å². The van der Waals surface area contributed by atoms with Crippen LogP contribution in [0.4, 0.5) is 10.4 Å². The molecule has 10 heteroatoms. The van der Waals surface area contributed by atoms with Crippen molar-refractivity contribution in [2.24, 2.45) is 17.8 Å². The largest absolute Gasteiger partial charge is 0.493 e. The zero-order valence-corrected chi connectivity index (χ0v) is 19.3. The fourth-order valence-electron chi connectivity index (χ4n) is 4.57. The van der Waals surface area contributed by atoms with Gasteiger partial charge < -0.3 is 18.9 Å². The Morgan fingerprint density at radius 2 is 2.06 bits per heavy atom. The molecule has 2 heterocycles. The van der Waals surface area contributed by atoms with Crippen LogP contribution < -0.4 is 9.64 Å². The van der Waals surface area contributed by atoms with E-state index in [1.54, 1.807) is 7.11 Å². The SMILES string of the molecule is CCS(=O)(=O)c1ccc(OCCC2CC2C2CCN(c3nc(COC)no3)CC2)cc1F. The fourth-order valence-corrected chi connectivity index (χ4v) is 5.51. The molecule has 0 amide bonds. The topological polar surface area (TPSA) is 94.8 Å². The first-order valence-electron chi connectivity index (χ1n) is 11.1. The highest BCUT2D eigenvalue weighted by Crippen LogP contribution is 2.50. The zero-order valence-electron chi connectivity index (χ0n) is 18.5. The van der Waals surface area contributed by atoms with Gasteiger partial charge in [0, 0.05) is 26.3 Å². The molecular formula is C22H30FN3O5S. The summed E-state index contributed by atoms with van der Waals surface area (Å²) in [6.07, 6.45) is 4.32. The number of hydrogen-bond donors (Lipinski definition) is 0. The van der Waals surface area contributed by atoms with Gasteiger partial charge in [-0.1, -0.05) is 12.1 Å². The third kappa shape index (κ3) is 5.23. The van der Waals surface area contributed by atoms with Crippen molar-refractivity contribution in [2.75, 3.05) is 37.5 Å². The quantitative estimate of drug-likeness (QED) is 0.524. The van der Waals surface area contributed by atoms with Gasteiger partial charge in [-0.05, 0) is 55.6 Å². The smallest absolute Gasteiger partial charge is 0.324 e. The van der Waals surface area contributed by atoms with Crippen LogP contribution in [0.3, 0.4) is 0 Å². The van der Waals surface area contributed by atoms with Crippen molar-refractivity contribution in [2.45, 2.75) is 44.1 Å². The molecule has 2 aliphatic rings. The summed E-state index contributed by atoms with van der Waals surface area (Å²) in [5.41, 5.74) is 0. The van der Waals surface area contributed by atoms with E-state index in [-0.39, 0.29) is 10.6 Å². The molecule has 8 nitrogen and oxygen atoms in total. The van der Waals surface area contributed by atoms with Gasteiger partial charge in [-0.2, -0.15) is 4.98 Å². The second kappa shape index (κ2) is 9.74. The van der Waals surface area contributed by atoms with Crippen LogP contribution in [0.15, 0.2) is 27.6 Å². The van der Waals surface area contributed by atoms with Gasteiger partial charge >= 0.3 is 6.01 Å². The molecule has 32 heavy (non-hydrogen) atoms. The summed E-state index contributed by atoms with van der Waals surface area (Å²) in [6, 6.07) is 4.56. The molecule has 0 spiro atoms. The average molecular weight is 468 g/mol. The van der Waals surface area contributed by atoms with Crippen molar-refractivity contribution >= 4 is 15.9 Å². The number of nitrogens with zero attached hydrogens (tertiary/aromatic N) is 3. The zero-order chi connectivity index (χ0) is 22.7. The minimum atomic E-state index is -3.57. The Kier molecular flexibility index (Phi) is 6.99. The van der Waals surface area contributed by atoms with Gasteiger partial charge in [-0.15, -0.1) is 0 Å². The fraction of sp³-hybridized carbons (Fsp3) is 0.636. The van der Waals surface area contributed by atoms with E-state index in [1.165, 1.54) is 25.5 Å². The van der Waals surface area contributed by atoms with E-state index in [0.29, 0.717) is 48.6 Å². The highest BCUT2D eigenvalue weighted by atomic mass is 32.2. The number of sulfone groups is 1. The van der Waals surface area contributed by atoms with Crippen molar-refractivity contribution in [1.29, 1.82) is 0 Å². The minimum Gasteiger partial charge on any atom is -0.493 e. The molecule has 2 atom stereocenters. The second-order valence-electron chi connectivity index (χ2n) is 8.54. The van der Waals surface area contributed by atoms with Crippen molar-refractivity contribution < 1.29 is 26.8 Å². The molecular weight excluding hydrogens is 437 g/mol. The lowest BCUT2D eigenvalue weighted by Crippen LogP contribution is -2.34. The number of hydrogen-bond acceptors (Lipinski definition) is 8. The number of piperidine rings is 1. The monoisotopic (exact) mass is 467 g/mol. The lowest BCUT2D eigenvalue weighted by atomic mass is 9.91. The Morgan fingerprint density at radius 3 is 2.75 bits per heavy atom. The summed E-state index contributed by atoms with van der Waals surface area (Å²) in [5.74, 6) is 2.08. The minimum absolute atomic E-state index is 0.129. The van der Waals surface area contributed by atoms with Crippen LogP contribution >= 0.6 is 0 Å². The molecule has 2 aromatic rings. The number of halogens is 1. The van der Waals surface area contributed by atoms with Crippen LogP contribution in [-0.2, 0) is 21.2 Å². The predicted octanol–water partition coefficient (Wildman–Crippen LogP) is 3.47. The van der Waals surface area contributed by atoms with E-state index in [0.717, 1.165) is 38.4 Å². The van der Waals surface area contributed by atoms with Gasteiger partial charge in [0.15, 0.2) is 15.7 Å². The normalized spacial score (nSPS) is 21.7. The molecule has 1 aromatic carbocycles. The number of ether oxygens (including phenoxy) is 2. The van der Waals surface area contributed by atoms with Gasteiger partial charge in [0.2, 0.25) is 0 Å². The molecule has 0 radical (unpaired) electrons. The first kappa shape index (κ1) is 23.0. The summed E-state index contributed by atoms with van der Waals surface area (Å²) in [7, 11) is -1.96. The van der Waals surface area contributed by atoms with Gasteiger partial charge in [-0.3, -0.25) is 0 Å². The van der Waals surface area contributed by atoms with E-state index < -0.39 is 15.7 Å². The maximum atomic E-state index is 14.1. The van der Waals surface area contributed by atoms with Gasteiger partial charge in [0.05, 0.1) is 12.4 Å². The van der Waals surface area contributed by atoms with Crippen LogP contribution in [-0.4, -0.2) is 51.1 Å². The predicted molar refractivity (Wildman–Crippen MR) is 116 cm³/mol. The van der Waals surface area contributed by atoms with Crippen molar-refractivity contribution in [3.63, 3.8) is 0 Å². The van der Waals surface area contributed by atoms with E-state index in [1.807, 2.05) is 0 Å². The Morgan fingerprint density at radius 1 is 1.28 bits per heavy atom. The standard InChI is InChI=1S/C22H30FN3O5S/c1-3-32(27,28)20-5-4-17(13-19(20)23)30-11-8-16-12-18(16)15-6-9-26(10-7-15)22-24-21(14-29-2)25-31-22/h4-5,13,15-16,18H,3,6-12,14H2,1-2H3. The van der Waals surface area contributed by atoms with E-state index in [9.17, 15) is 12.8 Å². The van der Waals surface area contributed by atoms with Crippen LogP contribution in [0.25, 0.3) is 0 Å². The summed E-state index contributed by atoms with van der Waals surface area (Å²) in [4.78, 5) is 6.24. The second-order valence-corrected chi connectivity index (χ2v) is 10.8. The summed E-state index contributed by atoms with van der Waals surface area (Å²) < 4.78 is 53.9. The van der Waals surface area contributed by atoms with Crippen LogP contribution in [0, 0.1) is 23.6 Å². The molecule has 0 bridgehead atoms. The van der Waals surface area contributed by atoms with Crippen molar-refractivity contribution in [3.8, 4) is 5.75 Å². The number of rotatable bonds is 10. The van der Waals surface area contributed by atoms with Crippen molar-refractivity contribution in [3.05, 3.63) is 29.8 Å². The Bertz CT molecular complexity index is 1020. The maximum Gasteiger partial charge on any atom is 0.324 e. The molecule has 1 aromatic heterocycles. The molecule has 0 N–H and O–H groups in total.